The molecule has 0 aromatic carbocycles. The van der Waals surface area contributed by atoms with E-state index in [0.29, 0.717) is 25.0 Å². The van der Waals surface area contributed by atoms with Crippen LogP contribution in [-0.4, -0.2) is 78.5 Å². The zero-order valence-electron chi connectivity index (χ0n) is 32.5. The number of thioether (sulfide) groups is 1. The molecule has 13 heteroatoms. The molecule has 312 valence electrons. The first kappa shape index (κ1) is 48.8. The molecule has 8 atom stereocenters. The van der Waals surface area contributed by atoms with E-state index < -0.39 is 24.1 Å². The van der Waals surface area contributed by atoms with Gasteiger partial charge in [0.25, 0.3) is 0 Å². The number of carbonyl (C=O) groups is 2. The molecule has 8 nitrogen and oxygen atoms in total. The second-order valence-electron chi connectivity index (χ2n) is 14.8. The summed E-state index contributed by atoms with van der Waals surface area (Å²) >= 11 is 11.9. The van der Waals surface area contributed by atoms with Crippen LogP contribution in [0.1, 0.15) is 90.1 Å². The molecule has 2 saturated carbocycles. The second-order valence-corrected chi connectivity index (χ2v) is 20.2. The van der Waals surface area contributed by atoms with E-state index in [-0.39, 0.29) is 48.1 Å². The number of thiophene rings is 2. The molecule has 0 spiro atoms. The van der Waals surface area contributed by atoms with E-state index >= 15 is 0 Å². The number of rotatable bonds is 22. The Hall–Kier alpha value is -1.55. The molecule has 56 heavy (non-hydrogen) atoms. The van der Waals surface area contributed by atoms with Gasteiger partial charge in [-0.25, -0.2) is 0 Å². The smallest absolute Gasteiger partial charge is 0.313 e. The molecule has 2 unspecified atom stereocenters. The Bertz CT molecular complexity index is 1450. The zero-order valence-corrected chi connectivity index (χ0v) is 38.1. The van der Waals surface area contributed by atoms with Gasteiger partial charge in [0.2, 0.25) is 0 Å². The normalized spacial score (nSPS) is 23.8. The number of carboxylic acid groups (broad SMARTS) is 2. The average molecular weight is 961 g/mol. The van der Waals surface area contributed by atoms with Gasteiger partial charge in [-0.15, -0.1) is 34.4 Å². The van der Waals surface area contributed by atoms with E-state index in [1.54, 1.807) is 22.7 Å². The van der Waals surface area contributed by atoms with Gasteiger partial charge < -0.3 is 30.6 Å². The molecule has 0 saturated heterocycles. The summed E-state index contributed by atoms with van der Waals surface area (Å²) in [6, 6.07) is 4.25. The highest BCUT2D eigenvalue weighted by Gasteiger charge is 2.33. The fourth-order valence-electron chi connectivity index (χ4n) is 7.17. The highest BCUT2D eigenvalue weighted by molar-refractivity contribution is 9.10. The summed E-state index contributed by atoms with van der Waals surface area (Å²) in [6.07, 6.45) is 24.3. The van der Waals surface area contributed by atoms with Crippen LogP contribution >= 0.6 is 66.3 Å². The number of aryl methyl sites for hydroxylation is 4. The minimum Gasteiger partial charge on any atom is -0.481 e. The SMILES string of the molecule is Cc1sc(CC[C@H](O)/C=C/[C@H]2CCC(O)[C@@H]2C/C=C\CCCC(=O)O)cc1Br.Cc1sc(CC[C@H](O)/C=C/[C@H]2CCC(O)[C@@H]2C/C=C\CSCC(=O)O)cc1Br. The standard InChI is InChI=1S/C22H31BrO4S.C21H29BrO4S2/c1-15-20(23)14-18(28-15)12-11-17(24)10-8-16-9-13-21(25)19(16)6-4-2-3-5-7-22(26)27;1-14-19(22)12-17(28-14)9-8-16(23)7-5-15-6-10-20(24)18(15)4-2-3-11-27-13-21(25)26/h2,4,8,10,14,16-17,19,21,24-25H,3,5-7,9,11-13H2,1H3,(H,26,27);2-3,5,7,12,15-16,18,20,23-24H,4,6,8-11,13H2,1H3,(H,25,26)/b4-2-,10-8+;3-2-,7-5+/t16-,17+,19+,21?;15-,16+,18+,20?/m00/s1. The van der Waals surface area contributed by atoms with Crippen molar-refractivity contribution >= 4 is 78.2 Å². The summed E-state index contributed by atoms with van der Waals surface area (Å²) in [6.45, 7) is 4.17. The van der Waals surface area contributed by atoms with E-state index in [0.717, 1.165) is 66.7 Å². The molecule has 0 radical (unpaired) electrons. The lowest BCUT2D eigenvalue weighted by Gasteiger charge is -2.18. The number of unbranched alkanes of at least 4 members (excludes halogenated alkanes) is 1. The second kappa shape index (κ2) is 26.5. The maximum Gasteiger partial charge on any atom is 0.313 e. The minimum absolute atomic E-state index is 0.113. The Balaban J connectivity index is 0.000000300. The first-order chi connectivity index (χ1) is 26.7. The van der Waals surface area contributed by atoms with Crippen LogP contribution in [-0.2, 0) is 22.4 Å². The zero-order chi connectivity index (χ0) is 41.0. The van der Waals surface area contributed by atoms with Gasteiger partial charge in [0, 0.05) is 40.6 Å². The van der Waals surface area contributed by atoms with Crippen molar-refractivity contribution in [1.29, 1.82) is 0 Å². The van der Waals surface area contributed by atoms with E-state index in [2.05, 4.69) is 76.1 Å². The van der Waals surface area contributed by atoms with Crippen molar-refractivity contribution in [3.8, 4) is 0 Å². The monoisotopic (exact) mass is 958 g/mol. The molecule has 2 aromatic heterocycles. The molecule has 4 rings (SSSR count). The van der Waals surface area contributed by atoms with Crippen molar-refractivity contribution in [1.82, 2.24) is 0 Å². The number of allylic oxidation sites excluding steroid dienone is 5. The van der Waals surface area contributed by atoms with Crippen molar-refractivity contribution in [2.75, 3.05) is 11.5 Å². The van der Waals surface area contributed by atoms with Gasteiger partial charge in [0.15, 0.2) is 0 Å². The van der Waals surface area contributed by atoms with Gasteiger partial charge in [0.1, 0.15) is 0 Å². The maximum atomic E-state index is 10.5. The van der Waals surface area contributed by atoms with Crippen LogP contribution in [0, 0.1) is 37.5 Å². The summed E-state index contributed by atoms with van der Waals surface area (Å²) in [5.74, 6) is 0.134. The lowest BCUT2D eigenvalue weighted by molar-refractivity contribution is -0.137. The average Bonchev–Trinajstić information content (AvgIpc) is 3.89. The third kappa shape index (κ3) is 18.6. The van der Waals surface area contributed by atoms with Crippen LogP contribution in [0.2, 0.25) is 0 Å². The predicted molar refractivity (Wildman–Crippen MR) is 239 cm³/mol. The quantitative estimate of drug-likeness (QED) is 0.0500. The molecule has 6 N–H and O–H groups in total. The summed E-state index contributed by atoms with van der Waals surface area (Å²) in [4.78, 5) is 26.1. The predicted octanol–water partition coefficient (Wildman–Crippen LogP) is 10.1. The van der Waals surface area contributed by atoms with Gasteiger partial charge in [-0.3, -0.25) is 9.59 Å². The Morgan fingerprint density at radius 1 is 0.768 bits per heavy atom. The Morgan fingerprint density at radius 2 is 1.25 bits per heavy atom. The molecule has 0 aliphatic heterocycles. The molecule has 2 aliphatic carbocycles. The number of aliphatic hydroxyl groups excluding tert-OH is 4. The number of carboxylic acids is 2. The highest BCUT2D eigenvalue weighted by atomic mass is 79.9. The molecule has 2 aromatic rings. The molecule has 0 bridgehead atoms. The van der Waals surface area contributed by atoms with E-state index in [1.165, 1.54) is 31.3 Å². The Kier molecular flexibility index (Phi) is 23.1. The van der Waals surface area contributed by atoms with Crippen LogP contribution in [0.3, 0.4) is 0 Å². The van der Waals surface area contributed by atoms with Crippen LogP contribution in [0.25, 0.3) is 0 Å². The molecular weight excluding hydrogens is 900 g/mol. The van der Waals surface area contributed by atoms with E-state index in [4.69, 9.17) is 10.2 Å². The van der Waals surface area contributed by atoms with Crippen molar-refractivity contribution in [3.63, 3.8) is 0 Å². The third-order valence-electron chi connectivity index (χ3n) is 10.4. The van der Waals surface area contributed by atoms with E-state index in [1.807, 2.05) is 30.4 Å². The van der Waals surface area contributed by atoms with E-state index in [9.17, 15) is 30.0 Å². The fraction of sp³-hybridized carbons (Fsp3) is 0.581. The number of aliphatic hydroxyl groups is 4. The van der Waals surface area contributed by atoms with Crippen LogP contribution in [0.15, 0.2) is 69.7 Å². The molecule has 0 amide bonds. The first-order valence-electron chi connectivity index (χ1n) is 19.6. The van der Waals surface area contributed by atoms with Crippen molar-refractivity contribution < 1.29 is 40.2 Å². The van der Waals surface area contributed by atoms with Gasteiger partial charge in [0.05, 0.1) is 30.2 Å². The summed E-state index contributed by atoms with van der Waals surface area (Å²) < 4.78 is 2.27. The Labute approximate surface area is 362 Å². The number of aliphatic carboxylic acids is 2. The maximum absolute atomic E-state index is 10.5. The number of halogens is 2. The Morgan fingerprint density at radius 3 is 1.68 bits per heavy atom. The molecular formula is C43H60Br2O8S3. The van der Waals surface area contributed by atoms with Gasteiger partial charge in [-0.1, -0.05) is 48.6 Å². The topological polar surface area (TPSA) is 156 Å². The van der Waals surface area contributed by atoms with Gasteiger partial charge in [-0.2, -0.15) is 0 Å². The summed E-state index contributed by atoms with van der Waals surface area (Å²) in [5, 5.41) is 58.4. The molecule has 2 fully saturated rings. The van der Waals surface area contributed by atoms with Crippen LogP contribution in [0.5, 0.6) is 0 Å². The lowest BCUT2D eigenvalue weighted by atomic mass is 9.90. The molecule has 2 heterocycles. The van der Waals surface area contributed by atoms with Gasteiger partial charge in [-0.05, 0) is 159 Å². The van der Waals surface area contributed by atoms with Crippen LogP contribution in [0.4, 0.5) is 0 Å². The van der Waals surface area contributed by atoms with Crippen LogP contribution < -0.4 is 0 Å². The van der Waals surface area contributed by atoms with Gasteiger partial charge >= 0.3 is 11.9 Å². The fourth-order valence-corrected chi connectivity index (χ4v) is 11.0. The molecule has 2 aliphatic rings. The first-order valence-corrected chi connectivity index (χ1v) is 24.0. The highest BCUT2D eigenvalue weighted by Crippen LogP contribution is 2.37. The van der Waals surface area contributed by atoms with Crippen molar-refractivity contribution in [2.45, 2.75) is 122 Å². The lowest BCUT2D eigenvalue weighted by Crippen LogP contribution is -2.17. The largest absolute Gasteiger partial charge is 0.481 e. The summed E-state index contributed by atoms with van der Waals surface area (Å²) in [7, 11) is 0. The minimum atomic E-state index is -0.796. The van der Waals surface area contributed by atoms with Crippen molar-refractivity contribution in [3.05, 3.63) is 89.2 Å². The summed E-state index contributed by atoms with van der Waals surface area (Å²) in [5.41, 5.74) is 0. The number of hydrogen-bond donors (Lipinski definition) is 6. The third-order valence-corrected chi connectivity index (χ3v) is 15.7. The number of hydrogen-bond acceptors (Lipinski definition) is 9. The van der Waals surface area contributed by atoms with Crippen molar-refractivity contribution in [2.24, 2.45) is 23.7 Å².